The van der Waals surface area contributed by atoms with E-state index in [4.69, 9.17) is 12.2 Å². The van der Waals surface area contributed by atoms with Gasteiger partial charge in [-0.25, -0.2) is 21.6 Å². The second kappa shape index (κ2) is 11.1. The number of rotatable bonds is 8. The molecule has 3 N–H and O–H groups in total. The van der Waals surface area contributed by atoms with Gasteiger partial charge in [-0.15, -0.1) is 0 Å². The third kappa shape index (κ3) is 5.93. The molecule has 0 saturated carbocycles. The summed E-state index contributed by atoms with van der Waals surface area (Å²) in [7, 11) is -8.10. The van der Waals surface area contributed by atoms with E-state index in [1.165, 1.54) is 34.6 Å². The quantitative estimate of drug-likeness (QED) is 0.391. The summed E-state index contributed by atoms with van der Waals surface area (Å²) >= 11 is 5.28. The molecule has 216 valence electrons. The first-order chi connectivity index (χ1) is 18.6. The van der Waals surface area contributed by atoms with Gasteiger partial charge in [0.2, 0.25) is 20.0 Å². The monoisotopic (exact) mass is 615 g/mol. The van der Waals surface area contributed by atoms with Gasteiger partial charge in [0.15, 0.2) is 5.60 Å². The van der Waals surface area contributed by atoms with Crippen molar-refractivity contribution < 1.29 is 35.1 Å². The summed E-state index contributed by atoms with van der Waals surface area (Å²) in [5.74, 6) is 0. The van der Waals surface area contributed by atoms with Crippen LogP contribution in [0.1, 0.15) is 24.5 Å². The standard InChI is InChI=1S/C26H28F3N3O5S3/c1-24(33,26(27,28)29)19-11-13-20(14-12-19)25(17-31-39(34,35)21-7-3-2-4-8-21)18-32(16-15-30-25)40(36,37)23-10-6-5-9-22(23)38/h2-8,10-14,30-31,33H,9,15-18H2,1H3/t24?,25-/m0/s1. The second-order valence-corrected chi connectivity index (χ2v) is 13.9. The molecule has 1 saturated heterocycles. The maximum absolute atomic E-state index is 13.6. The van der Waals surface area contributed by atoms with E-state index in [0.29, 0.717) is 12.5 Å². The van der Waals surface area contributed by atoms with Crippen LogP contribution in [-0.4, -0.2) is 63.5 Å². The van der Waals surface area contributed by atoms with Gasteiger partial charge >= 0.3 is 6.18 Å². The van der Waals surface area contributed by atoms with Crippen molar-refractivity contribution in [2.24, 2.45) is 0 Å². The molecule has 14 heteroatoms. The van der Waals surface area contributed by atoms with Gasteiger partial charge in [-0.1, -0.05) is 66.8 Å². The maximum Gasteiger partial charge on any atom is 0.421 e. The second-order valence-electron chi connectivity index (χ2n) is 9.72. The minimum absolute atomic E-state index is 0.00786. The molecule has 0 spiro atoms. The van der Waals surface area contributed by atoms with Crippen LogP contribution in [-0.2, 0) is 31.2 Å². The first-order valence-electron chi connectivity index (χ1n) is 12.2. The van der Waals surface area contributed by atoms with Crippen molar-refractivity contribution in [3.8, 4) is 0 Å². The zero-order valence-electron chi connectivity index (χ0n) is 21.3. The molecule has 0 amide bonds. The highest BCUT2D eigenvalue weighted by Gasteiger charge is 2.51. The summed E-state index contributed by atoms with van der Waals surface area (Å²) in [5.41, 5.74) is -4.60. The van der Waals surface area contributed by atoms with E-state index >= 15 is 0 Å². The van der Waals surface area contributed by atoms with Crippen molar-refractivity contribution in [2.45, 2.75) is 35.6 Å². The molecule has 2 aliphatic rings. The van der Waals surface area contributed by atoms with Crippen molar-refractivity contribution in [1.82, 2.24) is 14.3 Å². The Morgan fingerprint density at radius 3 is 2.33 bits per heavy atom. The summed E-state index contributed by atoms with van der Waals surface area (Å²) in [4.78, 5) is 0.212. The molecule has 1 heterocycles. The van der Waals surface area contributed by atoms with Crippen LogP contribution in [0.3, 0.4) is 0 Å². The largest absolute Gasteiger partial charge is 0.421 e. The van der Waals surface area contributed by atoms with Crippen LogP contribution in [0.25, 0.3) is 0 Å². The van der Waals surface area contributed by atoms with E-state index in [-0.39, 0.29) is 47.3 Å². The summed E-state index contributed by atoms with van der Waals surface area (Å²) in [6.45, 7) is 0.235. The minimum Gasteiger partial charge on any atom is -0.376 e. The molecular formula is C26H28F3N3O5S3. The smallest absolute Gasteiger partial charge is 0.376 e. The molecular weight excluding hydrogens is 587 g/mol. The van der Waals surface area contributed by atoms with Crippen molar-refractivity contribution in [3.63, 3.8) is 0 Å². The van der Waals surface area contributed by atoms with E-state index in [0.717, 1.165) is 12.1 Å². The first-order valence-corrected chi connectivity index (χ1v) is 15.5. The summed E-state index contributed by atoms with van der Waals surface area (Å²) in [5, 5.41) is 13.3. The molecule has 0 bridgehead atoms. The topological polar surface area (TPSA) is 116 Å². The molecule has 0 aromatic heterocycles. The third-order valence-electron chi connectivity index (χ3n) is 7.02. The van der Waals surface area contributed by atoms with Gasteiger partial charge in [-0.3, -0.25) is 0 Å². The van der Waals surface area contributed by atoms with Crippen molar-refractivity contribution in [1.29, 1.82) is 0 Å². The lowest BCUT2D eigenvalue weighted by Crippen LogP contribution is -2.63. The Kier molecular flexibility index (Phi) is 8.45. The maximum atomic E-state index is 13.6. The van der Waals surface area contributed by atoms with Crippen LogP contribution in [0.2, 0.25) is 0 Å². The molecule has 1 fully saturated rings. The van der Waals surface area contributed by atoms with E-state index in [9.17, 15) is 35.1 Å². The molecule has 40 heavy (non-hydrogen) atoms. The Labute approximate surface area is 236 Å². The number of halogens is 3. The number of benzene rings is 2. The number of sulfonamides is 2. The van der Waals surface area contributed by atoms with Crippen molar-refractivity contribution >= 4 is 37.1 Å². The average Bonchev–Trinajstić information content (AvgIpc) is 2.92. The predicted octanol–water partition coefficient (Wildman–Crippen LogP) is 3.08. The van der Waals surface area contributed by atoms with E-state index in [1.807, 2.05) is 0 Å². The van der Waals surface area contributed by atoms with Crippen molar-refractivity contribution in [2.75, 3.05) is 26.2 Å². The number of aliphatic hydroxyl groups is 1. The number of allylic oxidation sites excluding steroid dienone is 4. The Balaban J connectivity index is 1.73. The van der Waals surface area contributed by atoms with Crippen LogP contribution >= 0.6 is 12.2 Å². The van der Waals surface area contributed by atoms with E-state index < -0.39 is 42.9 Å². The fourth-order valence-corrected chi connectivity index (χ4v) is 7.77. The van der Waals surface area contributed by atoms with Crippen LogP contribution < -0.4 is 10.0 Å². The number of alkyl halides is 3. The van der Waals surface area contributed by atoms with Gasteiger partial charge in [0.05, 0.1) is 15.3 Å². The Bertz CT molecular complexity index is 1540. The number of hydrogen-bond acceptors (Lipinski definition) is 7. The Morgan fingerprint density at radius 1 is 1.07 bits per heavy atom. The molecule has 2 atom stereocenters. The molecule has 8 nitrogen and oxygen atoms in total. The fourth-order valence-electron chi connectivity index (χ4n) is 4.55. The number of piperazine rings is 1. The zero-order chi connectivity index (χ0) is 29.4. The fraction of sp³-hybridized carbons (Fsp3) is 0.346. The van der Waals surface area contributed by atoms with E-state index in [2.05, 4.69) is 10.0 Å². The molecule has 2 aromatic carbocycles. The summed E-state index contributed by atoms with van der Waals surface area (Å²) in [6.07, 6.45) is 0.0920. The molecule has 4 rings (SSSR count). The van der Waals surface area contributed by atoms with Gasteiger partial charge in [0.1, 0.15) is 0 Å². The van der Waals surface area contributed by atoms with Gasteiger partial charge in [-0.2, -0.15) is 17.5 Å². The molecule has 0 radical (unpaired) electrons. The summed E-state index contributed by atoms with van der Waals surface area (Å²) in [6, 6.07) is 12.4. The highest BCUT2D eigenvalue weighted by molar-refractivity contribution is 7.96. The third-order valence-corrected chi connectivity index (χ3v) is 10.9. The lowest BCUT2D eigenvalue weighted by molar-refractivity contribution is -0.258. The van der Waals surface area contributed by atoms with Gasteiger partial charge in [0, 0.05) is 37.5 Å². The highest BCUT2D eigenvalue weighted by Crippen LogP contribution is 2.39. The van der Waals surface area contributed by atoms with Crippen molar-refractivity contribution in [3.05, 3.63) is 88.9 Å². The number of nitrogens with one attached hydrogen (secondary N) is 2. The first kappa shape index (κ1) is 30.5. The van der Waals surface area contributed by atoms with Crippen LogP contribution in [0.4, 0.5) is 13.2 Å². The predicted molar refractivity (Wildman–Crippen MR) is 148 cm³/mol. The Morgan fingerprint density at radius 2 is 1.73 bits per heavy atom. The number of thiocarbonyl (C=S) groups is 1. The molecule has 1 aliphatic carbocycles. The van der Waals surface area contributed by atoms with E-state index in [1.54, 1.807) is 30.4 Å². The molecule has 2 aromatic rings. The average molecular weight is 616 g/mol. The zero-order valence-corrected chi connectivity index (χ0v) is 23.8. The lowest BCUT2D eigenvalue weighted by atomic mass is 9.85. The summed E-state index contributed by atoms with van der Waals surface area (Å²) < 4.78 is 97.3. The lowest BCUT2D eigenvalue weighted by Gasteiger charge is -2.44. The number of nitrogens with zero attached hydrogens (tertiary/aromatic N) is 1. The SMILES string of the molecule is CC(O)(c1ccc([C@]2(CNS(=O)(=O)c3ccccc3)CN(S(=O)(=O)C3=CC=CCC3=S)CCN2)cc1)C(F)(F)F. The van der Waals surface area contributed by atoms with Gasteiger partial charge in [-0.05, 0) is 36.3 Å². The minimum atomic E-state index is -4.94. The van der Waals surface area contributed by atoms with Gasteiger partial charge in [0.25, 0.3) is 0 Å². The molecule has 1 aliphatic heterocycles. The van der Waals surface area contributed by atoms with Gasteiger partial charge < -0.3 is 10.4 Å². The Hall–Kier alpha value is -2.46. The van der Waals surface area contributed by atoms with Crippen LogP contribution in [0.5, 0.6) is 0 Å². The highest BCUT2D eigenvalue weighted by atomic mass is 32.2. The van der Waals surface area contributed by atoms with Crippen LogP contribution in [0.15, 0.2) is 82.6 Å². The van der Waals surface area contributed by atoms with Crippen LogP contribution in [0, 0.1) is 0 Å². The normalized spacial score (nSPS) is 22.5. The molecule has 1 unspecified atom stereocenters. The number of hydrogen-bond donors (Lipinski definition) is 3.